The molecule has 2 aliphatic rings. The van der Waals surface area contributed by atoms with Gasteiger partial charge in [0.2, 0.25) is 6.71 Å². The van der Waals surface area contributed by atoms with Gasteiger partial charge in [0.25, 0.3) is 0 Å². The maximum Gasteiger partial charge on any atom is 0.244 e. The summed E-state index contributed by atoms with van der Waals surface area (Å²) in [7, 11) is 0. The number of hydrogen-bond acceptors (Lipinski definition) is 1. The molecule has 0 fully saturated rings. The molecule has 0 saturated carbocycles. The third kappa shape index (κ3) is 1.98. The van der Waals surface area contributed by atoms with Crippen molar-refractivity contribution in [3.05, 3.63) is 71.0 Å². The van der Waals surface area contributed by atoms with Crippen LogP contribution in [0.25, 0.3) is 5.57 Å². The van der Waals surface area contributed by atoms with Gasteiger partial charge in [-0.05, 0) is 43.3 Å². The Balaban J connectivity index is 1.96. The topological polar surface area (TPSA) is 12.9 Å². The van der Waals surface area contributed by atoms with E-state index in [1.165, 1.54) is 38.8 Å². The molecule has 0 radical (unpaired) electrons. The van der Waals surface area contributed by atoms with Crippen LogP contribution in [0.15, 0.2) is 59.7 Å². The van der Waals surface area contributed by atoms with Gasteiger partial charge in [-0.15, -0.1) is 0 Å². The minimum Gasteiger partial charge on any atom is -0.257 e. The first-order valence-electron chi connectivity index (χ1n) is 7.66. The summed E-state index contributed by atoms with van der Waals surface area (Å²) in [6.45, 7) is 4.74. The van der Waals surface area contributed by atoms with E-state index in [-0.39, 0.29) is 0 Å². The minimum atomic E-state index is 0.360. The van der Waals surface area contributed by atoms with Gasteiger partial charge in [-0.3, -0.25) is 4.98 Å². The number of rotatable bonds is 1. The largest absolute Gasteiger partial charge is 0.257 e. The van der Waals surface area contributed by atoms with Crippen molar-refractivity contribution in [1.29, 1.82) is 0 Å². The van der Waals surface area contributed by atoms with Crippen LogP contribution < -0.4 is 10.9 Å². The van der Waals surface area contributed by atoms with Crippen LogP contribution in [0.4, 0.5) is 0 Å². The number of aryl methyl sites for hydroxylation is 1. The van der Waals surface area contributed by atoms with Gasteiger partial charge in [-0.25, -0.2) is 0 Å². The highest BCUT2D eigenvalue weighted by atomic mass is 14.7. The SMILES string of the molecule is CC1=CC2=C(CC1)c1ncc(C)cc1B2c1ccccc1. The number of pyridine rings is 1. The maximum atomic E-state index is 4.76. The smallest absolute Gasteiger partial charge is 0.244 e. The highest BCUT2D eigenvalue weighted by Crippen LogP contribution is 2.35. The van der Waals surface area contributed by atoms with Crippen LogP contribution in [0, 0.1) is 6.92 Å². The Hall–Kier alpha value is -2.09. The van der Waals surface area contributed by atoms with Gasteiger partial charge in [-0.1, -0.05) is 59.0 Å². The molecule has 2 heterocycles. The first-order chi connectivity index (χ1) is 10.2. The van der Waals surface area contributed by atoms with Crippen molar-refractivity contribution in [2.24, 2.45) is 0 Å². The van der Waals surface area contributed by atoms with Crippen LogP contribution in [-0.2, 0) is 0 Å². The summed E-state index contributed by atoms with van der Waals surface area (Å²) in [6.07, 6.45) is 6.69. The van der Waals surface area contributed by atoms with Gasteiger partial charge in [0, 0.05) is 6.20 Å². The van der Waals surface area contributed by atoms with Crippen molar-refractivity contribution in [2.45, 2.75) is 26.7 Å². The van der Waals surface area contributed by atoms with Crippen molar-refractivity contribution in [2.75, 3.05) is 0 Å². The third-order valence-electron chi connectivity index (χ3n) is 4.61. The fourth-order valence-electron chi connectivity index (χ4n) is 3.64. The molecule has 4 rings (SSSR count). The van der Waals surface area contributed by atoms with Crippen molar-refractivity contribution in [3.8, 4) is 0 Å². The molecule has 2 heteroatoms. The molecule has 0 spiro atoms. The molecule has 1 aromatic carbocycles. The van der Waals surface area contributed by atoms with E-state index in [0.29, 0.717) is 6.71 Å². The van der Waals surface area contributed by atoms with E-state index >= 15 is 0 Å². The molecular formula is C19H18BN. The zero-order valence-corrected chi connectivity index (χ0v) is 12.6. The molecule has 1 aliphatic heterocycles. The molecule has 102 valence electrons. The Morgan fingerprint density at radius 3 is 2.67 bits per heavy atom. The maximum absolute atomic E-state index is 4.76. The minimum absolute atomic E-state index is 0.360. The van der Waals surface area contributed by atoms with Crippen LogP contribution in [0.2, 0.25) is 0 Å². The highest BCUT2D eigenvalue weighted by molar-refractivity contribution is 6.94. The van der Waals surface area contributed by atoms with Crippen molar-refractivity contribution in [1.82, 2.24) is 4.98 Å². The first kappa shape index (κ1) is 12.6. The number of hydrogen-bond donors (Lipinski definition) is 0. The Morgan fingerprint density at radius 2 is 1.86 bits per heavy atom. The molecule has 0 unspecified atom stereocenters. The monoisotopic (exact) mass is 271 g/mol. The molecule has 0 saturated heterocycles. The summed E-state index contributed by atoms with van der Waals surface area (Å²) < 4.78 is 0. The zero-order valence-electron chi connectivity index (χ0n) is 12.6. The fraction of sp³-hybridized carbons (Fsp3) is 0.211. The lowest BCUT2D eigenvalue weighted by molar-refractivity contribution is 0.968. The third-order valence-corrected chi connectivity index (χ3v) is 4.61. The quantitative estimate of drug-likeness (QED) is 0.726. The van der Waals surface area contributed by atoms with E-state index in [1.54, 1.807) is 0 Å². The second kappa shape index (κ2) is 4.73. The first-order valence-corrected chi connectivity index (χ1v) is 7.66. The van der Waals surface area contributed by atoms with Gasteiger partial charge < -0.3 is 0 Å². The van der Waals surface area contributed by atoms with Gasteiger partial charge in [-0.2, -0.15) is 0 Å². The lowest BCUT2D eigenvalue weighted by Crippen LogP contribution is -2.42. The van der Waals surface area contributed by atoms with Gasteiger partial charge in [0.15, 0.2) is 0 Å². The summed E-state index contributed by atoms with van der Waals surface area (Å²) in [5.41, 5.74) is 9.66. The number of fused-ring (bicyclic) bond motifs is 2. The second-order valence-corrected chi connectivity index (χ2v) is 6.22. The van der Waals surface area contributed by atoms with E-state index in [0.717, 1.165) is 12.8 Å². The number of aromatic nitrogens is 1. The Kier molecular flexibility index (Phi) is 2.85. The van der Waals surface area contributed by atoms with Crippen LogP contribution >= 0.6 is 0 Å². The Labute approximate surface area is 126 Å². The lowest BCUT2D eigenvalue weighted by atomic mass is 9.37. The lowest BCUT2D eigenvalue weighted by Gasteiger charge is -2.16. The molecule has 0 bridgehead atoms. The number of nitrogens with zero attached hydrogens (tertiary/aromatic N) is 1. The van der Waals surface area contributed by atoms with E-state index in [9.17, 15) is 0 Å². The van der Waals surface area contributed by atoms with Gasteiger partial charge >= 0.3 is 0 Å². The van der Waals surface area contributed by atoms with E-state index in [4.69, 9.17) is 4.98 Å². The predicted octanol–water partition coefficient (Wildman–Crippen LogP) is 3.05. The zero-order chi connectivity index (χ0) is 14.4. The Morgan fingerprint density at radius 1 is 1.05 bits per heavy atom. The van der Waals surface area contributed by atoms with Crippen molar-refractivity contribution in [3.63, 3.8) is 0 Å². The predicted molar refractivity (Wildman–Crippen MR) is 90.3 cm³/mol. The molecule has 21 heavy (non-hydrogen) atoms. The average molecular weight is 271 g/mol. The summed E-state index contributed by atoms with van der Waals surface area (Å²) in [5.74, 6) is 0. The standard InChI is InChI=1S/C19H18BN/c1-13-8-9-16-17(10-13)20(15-6-4-3-5-7-15)18-11-14(2)12-21-19(16)18/h3-7,10-12H,8-9H2,1-2H3. The number of allylic oxidation sites excluding steroid dienone is 4. The summed E-state index contributed by atoms with van der Waals surface area (Å²) in [4.78, 5) is 4.76. The van der Waals surface area contributed by atoms with E-state index < -0.39 is 0 Å². The van der Waals surface area contributed by atoms with Gasteiger partial charge in [0.1, 0.15) is 0 Å². The second-order valence-electron chi connectivity index (χ2n) is 6.22. The normalized spacial score (nSPS) is 16.7. The van der Waals surface area contributed by atoms with E-state index in [1.807, 2.05) is 6.20 Å². The molecular weight excluding hydrogens is 253 g/mol. The molecule has 0 amide bonds. The van der Waals surface area contributed by atoms with Gasteiger partial charge in [0.05, 0.1) is 5.69 Å². The molecule has 2 aromatic rings. The molecule has 1 nitrogen and oxygen atoms in total. The number of benzene rings is 1. The molecule has 0 N–H and O–H groups in total. The van der Waals surface area contributed by atoms with Crippen molar-refractivity contribution >= 4 is 23.2 Å². The Bertz CT molecular complexity index is 771. The highest BCUT2D eigenvalue weighted by Gasteiger charge is 2.36. The summed E-state index contributed by atoms with van der Waals surface area (Å²) >= 11 is 0. The van der Waals surface area contributed by atoms with Crippen molar-refractivity contribution < 1.29 is 0 Å². The molecule has 1 aliphatic carbocycles. The summed E-state index contributed by atoms with van der Waals surface area (Å²) in [5, 5.41) is 0. The molecule has 1 aromatic heterocycles. The van der Waals surface area contributed by atoms with Crippen LogP contribution in [-0.4, -0.2) is 11.7 Å². The summed E-state index contributed by atoms with van der Waals surface area (Å²) in [6, 6.07) is 13.2. The molecule has 0 atom stereocenters. The van der Waals surface area contributed by atoms with E-state index in [2.05, 4.69) is 56.3 Å². The average Bonchev–Trinajstić information content (AvgIpc) is 2.80. The fourth-order valence-corrected chi connectivity index (χ4v) is 3.64. The van der Waals surface area contributed by atoms with Crippen LogP contribution in [0.1, 0.15) is 31.0 Å². The van der Waals surface area contributed by atoms with Crippen LogP contribution in [0.3, 0.4) is 0 Å². The van der Waals surface area contributed by atoms with Crippen LogP contribution in [0.5, 0.6) is 0 Å².